The number of fused-ring (bicyclic) bond motifs is 5. The van der Waals surface area contributed by atoms with E-state index in [4.69, 9.17) is 4.74 Å². The first kappa shape index (κ1) is 21.2. The highest BCUT2D eigenvalue weighted by Crippen LogP contribution is 2.52. The number of guanidine groups is 1. The number of allylic oxidation sites excluding steroid dienone is 2. The third kappa shape index (κ3) is 4.22. The lowest BCUT2D eigenvalue weighted by Gasteiger charge is -2.18. The minimum Gasteiger partial charge on any atom is -0.489 e. The monoisotopic (exact) mass is 422 g/mol. The average Bonchev–Trinajstić information content (AvgIpc) is 3.47. The highest BCUT2D eigenvalue weighted by Gasteiger charge is 2.58. The summed E-state index contributed by atoms with van der Waals surface area (Å²) >= 11 is 0. The molecule has 2 N–H and O–H groups in total. The second-order valence-corrected chi connectivity index (χ2v) is 8.24. The number of carbonyl (C=O) groups excluding carboxylic acids is 2. The topological polar surface area (TPSA) is 83.0 Å². The first-order chi connectivity index (χ1) is 15.1. The minimum absolute atomic E-state index is 0.0190. The van der Waals surface area contributed by atoms with Gasteiger partial charge in [0.15, 0.2) is 5.96 Å². The molecule has 0 aromatic heterocycles. The van der Waals surface area contributed by atoms with Crippen molar-refractivity contribution in [1.82, 2.24) is 15.5 Å². The van der Waals surface area contributed by atoms with Crippen molar-refractivity contribution in [3.63, 3.8) is 0 Å². The maximum absolute atomic E-state index is 12.7. The SMILES string of the molecule is C=CCOc1ccccc1CNC(=NC)NCCCN1C(=O)C2C3C=CC(C3)C2C1=O. The average molecular weight is 423 g/mol. The molecule has 164 valence electrons. The number of benzene rings is 1. The van der Waals surface area contributed by atoms with Gasteiger partial charge in [0.2, 0.25) is 11.8 Å². The van der Waals surface area contributed by atoms with Crippen molar-refractivity contribution >= 4 is 17.8 Å². The maximum Gasteiger partial charge on any atom is 0.233 e. The number of nitrogens with one attached hydrogen (secondary N) is 2. The van der Waals surface area contributed by atoms with E-state index in [2.05, 4.69) is 34.4 Å². The van der Waals surface area contributed by atoms with Crippen molar-refractivity contribution in [2.24, 2.45) is 28.7 Å². The standard InChI is InChI=1S/C24H30N4O3/c1-3-13-31-19-8-5-4-7-18(19)15-27-24(25-2)26-11-6-12-28-22(29)20-16-9-10-17(14-16)21(20)23(28)30/h3-5,7-10,16-17,20-21H,1,6,11-15H2,2H3,(H2,25,26,27). The van der Waals surface area contributed by atoms with Crippen LogP contribution in [-0.4, -0.2) is 49.4 Å². The molecule has 1 heterocycles. The Balaban J connectivity index is 1.22. The molecule has 1 aliphatic heterocycles. The molecule has 1 saturated carbocycles. The van der Waals surface area contributed by atoms with Crippen LogP contribution >= 0.6 is 0 Å². The molecule has 1 aromatic rings. The highest BCUT2D eigenvalue weighted by atomic mass is 16.5. The van der Waals surface area contributed by atoms with E-state index in [0.29, 0.717) is 38.6 Å². The zero-order valence-electron chi connectivity index (χ0n) is 17.9. The van der Waals surface area contributed by atoms with Gasteiger partial charge in [-0.1, -0.05) is 43.0 Å². The molecule has 7 nitrogen and oxygen atoms in total. The highest BCUT2D eigenvalue weighted by molar-refractivity contribution is 6.06. The second-order valence-electron chi connectivity index (χ2n) is 8.24. The fourth-order valence-corrected chi connectivity index (χ4v) is 4.97. The van der Waals surface area contributed by atoms with Crippen LogP contribution in [0.1, 0.15) is 18.4 Å². The Kier molecular flexibility index (Phi) is 6.39. The van der Waals surface area contributed by atoms with Crippen molar-refractivity contribution in [1.29, 1.82) is 0 Å². The van der Waals surface area contributed by atoms with Crippen LogP contribution < -0.4 is 15.4 Å². The summed E-state index contributed by atoms with van der Waals surface area (Å²) in [5, 5.41) is 6.53. The summed E-state index contributed by atoms with van der Waals surface area (Å²) in [7, 11) is 1.72. The van der Waals surface area contributed by atoms with Gasteiger partial charge in [-0.3, -0.25) is 19.5 Å². The first-order valence-electron chi connectivity index (χ1n) is 10.9. The summed E-state index contributed by atoms with van der Waals surface area (Å²) in [4.78, 5) is 31.2. The molecular weight excluding hydrogens is 392 g/mol. The number of rotatable bonds is 9. The summed E-state index contributed by atoms with van der Waals surface area (Å²) in [5.74, 6) is 1.80. The van der Waals surface area contributed by atoms with E-state index in [9.17, 15) is 9.59 Å². The van der Waals surface area contributed by atoms with Gasteiger partial charge in [-0.25, -0.2) is 0 Å². The lowest BCUT2D eigenvalue weighted by atomic mass is 9.85. The van der Waals surface area contributed by atoms with Gasteiger partial charge in [-0.15, -0.1) is 0 Å². The number of hydrogen-bond acceptors (Lipinski definition) is 4. The number of carbonyl (C=O) groups is 2. The molecule has 0 radical (unpaired) electrons. The molecule has 31 heavy (non-hydrogen) atoms. The van der Waals surface area contributed by atoms with Gasteiger partial charge in [0.1, 0.15) is 12.4 Å². The molecule has 4 unspecified atom stereocenters. The van der Waals surface area contributed by atoms with Crippen LogP contribution in [0.3, 0.4) is 0 Å². The van der Waals surface area contributed by atoms with Crippen molar-refractivity contribution in [3.05, 3.63) is 54.6 Å². The van der Waals surface area contributed by atoms with E-state index >= 15 is 0 Å². The van der Waals surface area contributed by atoms with Crippen molar-refractivity contribution in [2.75, 3.05) is 26.7 Å². The predicted molar refractivity (Wildman–Crippen MR) is 119 cm³/mol. The molecule has 0 spiro atoms. The van der Waals surface area contributed by atoms with Crippen molar-refractivity contribution in [2.45, 2.75) is 19.4 Å². The largest absolute Gasteiger partial charge is 0.489 e. The number of amides is 2. The van der Waals surface area contributed by atoms with Crippen LogP contribution in [0.5, 0.6) is 5.75 Å². The number of aliphatic imine (C=N–C) groups is 1. The van der Waals surface area contributed by atoms with Crippen LogP contribution in [0.15, 0.2) is 54.1 Å². The Morgan fingerprint density at radius 1 is 1.19 bits per heavy atom. The summed E-state index contributed by atoms with van der Waals surface area (Å²) in [6.45, 7) is 5.77. The second kappa shape index (κ2) is 9.37. The molecule has 1 saturated heterocycles. The van der Waals surface area contributed by atoms with Crippen LogP contribution in [0, 0.1) is 23.7 Å². The van der Waals surface area contributed by atoms with Gasteiger partial charge >= 0.3 is 0 Å². The zero-order chi connectivity index (χ0) is 21.8. The maximum atomic E-state index is 12.7. The van der Waals surface area contributed by atoms with Gasteiger partial charge < -0.3 is 15.4 Å². The van der Waals surface area contributed by atoms with Gasteiger partial charge in [0.25, 0.3) is 0 Å². The number of para-hydroxylation sites is 1. The van der Waals surface area contributed by atoms with E-state index in [-0.39, 0.29) is 35.5 Å². The zero-order valence-corrected chi connectivity index (χ0v) is 17.9. The Bertz CT molecular complexity index is 880. The number of ether oxygens (including phenoxy) is 1. The molecule has 2 bridgehead atoms. The van der Waals surface area contributed by atoms with Crippen LogP contribution in [0.25, 0.3) is 0 Å². The molecular formula is C24H30N4O3. The fraction of sp³-hybridized carbons (Fsp3) is 0.458. The quantitative estimate of drug-likeness (QED) is 0.209. The number of likely N-dealkylation sites (tertiary alicyclic amines) is 1. The minimum atomic E-state index is -0.117. The van der Waals surface area contributed by atoms with Crippen LogP contribution in [0.2, 0.25) is 0 Å². The Morgan fingerprint density at radius 3 is 2.58 bits per heavy atom. The van der Waals surface area contributed by atoms with Gasteiger partial charge in [0.05, 0.1) is 11.8 Å². The Morgan fingerprint density at radius 2 is 1.90 bits per heavy atom. The fourth-order valence-electron chi connectivity index (χ4n) is 4.97. The predicted octanol–water partition coefficient (Wildman–Crippen LogP) is 2.11. The van der Waals surface area contributed by atoms with E-state index < -0.39 is 0 Å². The first-order valence-corrected chi connectivity index (χ1v) is 10.9. The number of hydrogen-bond donors (Lipinski definition) is 2. The molecule has 4 rings (SSSR count). The van der Waals surface area contributed by atoms with E-state index in [1.807, 2.05) is 24.3 Å². The van der Waals surface area contributed by atoms with Crippen LogP contribution in [-0.2, 0) is 16.1 Å². The summed E-state index contributed by atoms with van der Waals surface area (Å²) in [6, 6.07) is 7.83. The molecule has 7 heteroatoms. The molecule has 4 atom stereocenters. The number of imide groups is 1. The van der Waals surface area contributed by atoms with E-state index in [1.165, 1.54) is 4.90 Å². The Labute approximate surface area is 183 Å². The van der Waals surface area contributed by atoms with Gasteiger partial charge in [-0.2, -0.15) is 0 Å². The summed E-state index contributed by atoms with van der Waals surface area (Å²) < 4.78 is 5.69. The molecule has 2 amide bonds. The molecule has 2 aliphatic carbocycles. The lowest BCUT2D eigenvalue weighted by Crippen LogP contribution is -2.39. The normalized spacial score (nSPS) is 26.4. The number of nitrogens with zero attached hydrogens (tertiary/aromatic N) is 2. The summed E-state index contributed by atoms with van der Waals surface area (Å²) in [6.07, 6.45) is 7.61. The van der Waals surface area contributed by atoms with Crippen molar-refractivity contribution in [3.8, 4) is 5.75 Å². The third-order valence-corrected chi connectivity index (χ3v) is 6.41. The Hall–Kier alpha value is -3.09. The third-order valence-electron chi connectivity index (χ3n) is 6.41. The molecule has 3 aliphatic rings. The summed E-state index contributed by atoms with van der Waals surface area (Å²) in [5.41, 5.74) is 1.02. The van der Waals surface area contributed by atoms with E-state index in [0.717, 1.165) is 17.7 Å². The molecule has 1 aromatic carbocycles. The van der Waals surface area contributed by atoms with Crippen molar-refractivity contribution < 1.29 is 14.3 Å². The van der Waals surface area contributed by atoms with E-state index in [1.54, 1.807) is 13.1 Å². The molecule has 2 fully saturated rings. The lowest BCUT2D eigenvalue weighted by molar-refractivity contribution is -0.140. The smallest absolute Gasteiger partial charge is 0.233 e. The van der Waals surface area contributed by atoms with Gasteiger partial charge in [0, 0.05) is 32.2 Å². The van der Waals surface area contributed by atoms with Crippen LogP contribution in [0.4, 0.5) is 0 Å². The van der Waals surface area contributed by atoms with Gasteiger partial charge in [-0.05, 0) is 30.7 Å².